The zero-order chi connectivity index (χ0) is 14.0. The van der Waals surface area contributed by atoms with Crippen LogP contribution in [0.4, 0.5) is 0 Å². The lowest BCUT2D eigenvalue weighted by atomic mass is 9.69. The van der Waals surface area contributed by atoms with Crippen LogP contribution in [-0.4, -0.2) is 16.9 Å². The molecule has 0 aliphatic heterocycles. The standard InChI is InChI=1S/C14H14Cl2O3/c15-10-5-3-4-9(12(10)16)8-14(13(18)19)7-2-1-6-11(14)17/h3-5H,1-2,6-8H2,(H,18,19). The van der Waals surface area contributed by atoms with Crippen LogP contribution < -0.4 is 0 Å². The first-order valence-electron chi connectivity index (χ1n) is 6.17. The van der Waals surface area contributed by atoms with Gasteiger partial charge in [0.05, 0.1) is 10.0 Å². The summed E-state index contributed by atoms with van der Waals surface area (Å²) in [6.45, 7) is 0. The normalized spacial score (nSPS) is 23.4. The molecule has 1 aliphatic rings. The summed E-state index contributed by atoms with van der Waals surface area (Å²) in [4.78, 5) is 23.7. The van der Waals surface area contributed by atoms with Gasteiger partial charge in [-0.3, -0.25) is 9.59 Å². The molecule has 1 saturated carbocycles. The Labute approximate surface area is 121 Å². The van der Waals surface area contributed by atoms with Crippen LogP contribution in [0.3, 0.4) is 0 Å². The first-order chi connectivity index (χ1) is 8.97. The minimum absolute atomic E-state index is 0.112. The molecule has 1 fully saturated rings. The third-order valence-electron chi connectivity index (χ3n) is 3.72. The van der Waals surface area contributed by atoms with Crippen LogP contribution in [0, 0.1) is 5.41 Å². The van der Waals surface area contributed by atoms with Crippen molar-refractivity contribution in [1.29, 1.82) is 0 Å². The van der Waals surface area contributed by atoms with Crippen LogP contribution in [-0.2, 0) is 16.0 Å². The number of ketones is 1. The molecule has 1 aromatic rings. The van der Waals surface area contributed by atoms with Crippen molar-refractivity contribution in [3.8, 4) is 0 Å². The number of aliphatic carboxylic acids is 1. The molecule has 0 bridgehead atoms. The van der Waals surface area contributed by atoms with E-state index in [0.29, 0.717) is 28.5 Å². The Balaban J connectivity index is 2.39. The molecule has 0 radical (unpaired) electrons. The van der Waals surface area contributed by atoms with E-state index in [-0.39, 0.29) is 12.2 Å². The fourth-order valence-corrected chi connectivity index (χ4v) is 2.98. The van der Waals surface area contributed by atoms with Gasteiger partial charge in [0.2, 0.25) is 0 Å². The number of carbonyl (C=O) groups excluding carboxylic acids is 1. The summed E-state index contributed by atoms with van der Waals surface area (Å²) in [5.41, 5.74) is -0.723. The van der Waals surface area contributed by atoms with Gasteiger partial charge in [0.25, 0.3) is 0 Å². The number of carbonyl (C=O) groups is 2. The Morgan fingerprint density at radius 1 is 1.32 bits per heavy atom. The number of halogens is 2. The summed E-state index contributed by atoms with van der Waals surface area (Å²) >= 11 is 12.0. The SMILES string of the molecule is O=C(O)C1(Cc2cccc(Cl)c2Cl)CCCCC1=O. The predicted molar refractivity (Wildman–Crippen MR) is 73.7 cm³/mol. The van der Waals surface area contributed by atoms with Crippen molar-refractivity contribution >= 4 is 35.0 Å². The van der Waals surface area contributed by atoms with Gasteiger partial charge in [-0.15, -0.1) is 0 Å². The molecule has 19 heavy (non-hydrogen) atoms. The van der Waals surface area contributed by atoms with Crippen molar-refractivity contribution in [2.45, 2.75) is 32.1 Å². The van der Waals surface area contributed by atoms with Gasteiger partial charge in [-0.1, -0.05) is 41.8 Å². The molecule has 1 N–H and O–H groups in total. The lowest BCUT2D eigenvalue weighted by Gasteiger charge is -2.32. The first kappa shape index (κ1) is 14.4. The molecular formula is C14H14Cl2O3. The van der Waals surface area contributed by atoms with Gasteiger partial charge < -0.3 is 5.11 Å². The number of carboxylic acid groups (broad SMARTS) is 1. The number of hydrogen-bond donors (Lipinski definition) is 1. The number of hydrogen-bond acceptors (Lipinski definition) is 2. The lowest BCUT2D eigenvalue weighted by molar-refractivity contribution is -0.157. The average molecular weight is 301 g/mol. The van der Waals surface area contributed by atoms with E-state index in [0.717, 1.165) is 12.8 Å². The maximum absolute atomic E-state index is 12.1. The monoisotopic (exact) mass is 300 g/mol. The third-order valence-corrected chi connectivity index (χ3v) is 4.58. The fourth-order valence-electron chi connectivity index (χ4n) is 2.59. The van der Waals surface area contributed by atoms with Gasteiger partial charge in [-0.05, 0) is 30.9 Å². The quantitative estimate of drug-likeness (QED) is 0.865. The second kappa shape index (κ2) is 5.51. The van der Waals surface area contributed by atoms with Crippen LogP contribution in [0.5, 0.6) is 0 Å². The number of benzene rings is 1. The van der Waals surface area contributed by atoms with E-state index in [9.17, 15) is 14.7 Å². The van der Waals surface area contributed by atoms with Gasteiger partial charge in [-0.2, -0.15) is 0 Å². The summed E-state index contributed by atoms with van der Waals surface area (Å²) in [6.07, 6.45) is 2.31. The van der Waals surface area contributed by atoms with Crippen molar-refractivity contribution in [3.05, 3.63) is 33.8 Å². The van der Waals surface area contributed by atoms with Gasteiger partial charge in [0.15, 0.2) is 5.78 Å². The highest BCUT2D eigenvalue weighted by Crippen LogP contribution is 2.39. The maximum Gasteiger partial charge on any atom is 0.317 e. The fraction of sp³-hybridized carbons (Fsp3) is 0.429. The minimum Gasteiger partial charge on any atom is -0.480 e. The number of rotatable bonds is 3. The van der Waals surface area contributed by atoms with Crippen LogP contribution >= 0.6 is 23.2 Å². The van der Waals surface area contributed by atoms with E-state index >= 15 is 0 Å². The highest BCUT2D eigenvalue weighted by molar-refractivity contribution is 6.42. The summed E-state index contributed by atoms with van der Waals surface area (Å²) < 4.78 is 0. The second-order valence-electron chi connectivity index (χ2n) is 4.91. The summed E-state index contributed by atoms with van der Waals surface area (Å²) in [5, 5.41) is 10.2. The Kier molecular flexibility index (Phi) is 4.16. The Bertz CT molecular complexity index is 527. The van der Waals surface area contributed by atoms with E-state index in [2.05, 4.69) is 0 Å². The first-order valence-corrected chi connectivity index (χ1v) is 6.92. The molecule has 1 atom stereocenters. The number of Topliss-reactive ketones (excluding diaryl/α,β-unsaturated/α-hetero) is 1. The highest BCUT2D eigenvalue weighted by atomic mass is 35.5. The second-order valence-corrected chi connectivity index (χ2v) is 5.69. The van der Waals surface area contributed by atoms with Crippen molar-refractivity contribution < 1.29 is 14.7 Å². The Morgan fingerprint density at radius 3 is 2.68 bits per heavy atom. The molecule has 0 aromatic heterocycles. The molecule has 0 heterocycles. The van der Waals surface area contributed by atoms with E-state index < -0.39 is 11.4 Å². The molecule has 1 aromatic carbocycles. The topological polar surface area (TPSA) is 54.4 Å². The zero-order valence-corrected chi connectivity index (χ0v) is 11.8. The molecule has 1 unspecified atom stereocenters. The van der Waals surface area contributed by atoms with Crippen molar-refractivity contribution in [2.75, 3.05) is 0 Å². The highest BCUT2D eigenvalue weighted by Gasteiger charge is 2.47. The molecule has 3 nitrogen and oxygen atoms in total. The molecule has 0 saturated heterocycles. The van der Waals surface area contributed by atoms with Crippen molar-refractivity contribution in [3.63, 3.8) is 0 Å². The zero-order valence-electron chi connectivity index (χ0n) is 10.3. The summed E-state index contributed by atoms with van der Waals surface area (Å²) in [7, 11) is 0. The molecule has 2 rings (SSSR count). The van der Waals surface area contributed by atoms with Crippen LogP contribution in [0.2, 0.25) is 10.0 Å². The molecule has 1 aliphatic carbocycles. The van der Waals surface area contributed by atoms with E-state index in [1.807, 2.05) is 0 Å². The summed E-state index contributed by atoms with van der Waals surface area (Å²) in [5.74, 6) is -1.27. The molecular weight excluding hydrogens is 287 g/mol. The smallest absolute Gasteiger partial charge is 0.317 e. The Morgan fingerprint density at radius 2 is 2.05 bits per heavy atom. The van der Waals surface area contributed by atoms with Gasteiger partial charge in [0.1, 0.15) is 5.41 Å². The molecule has 5 heteroatoms. The molecule has 0 spiro atoms. The van der Waals surface area contributed by atoms with E-state index in [1.165, 1.54) is 0 Å². The van der Waals surface area contributed by atoms with Gasteiger partial charge >= 0.3 is 5.97 Å². The largest absolute Gasteiger partial charge is 0.480 e. The maximum atomic E-state index is 12.1. The van der Waals surface area contributed by atoms with Gasteiger partial charge in [-0.25, -0.2) is 0 Å². The Hall–Kier alpha value is -1.06. The van der Waals surface area contributed by atoms with Gasteiger partial charge in [0, 0.05) is 6.42 Å². The van der Waals surface area contributed by atoms with Crippen molar-refractivity contribution in [1.82, 2.24) is 0 Å². The van der Waals surface area contributed by atoms with Crippen LogP contribution in [0.15, 0.2) is 18.2 Å². The number of carboxylic acids is 1. The van der Waals surface area contributed by atoms with Crippen LogP contribution in [0.25, 0.3) is 0 Å². The molecule has 102 valence electrons. The third kappa shape index (κ3) is 2.63. The summed E-state index contributed by atoms with van der Waals surface area (Å²) in [6, 6.07) is 5.08. The minimum atomic E-state index is -1.34. The van der Waals surface area contributed by atoms with Crippen LogP contribution in [0.1, 0.15) is 31.2 Å². The van der Waals surface area contributed by atoms with E-state index in [4.69, 9.17) is 23.2 Å². The lowest BCUT2D eigenvalue weighted by Crippen LogP contribution is -2.43. The van der Waals surface area contributed by atoms with Crippen molar-refractivity contribution in [2.24, 2.45) is 5.41 Å². The average Bonchev–Trinajstić information content (AvgIpc) is 2.37. The predicted octanol–water partition coefficient (Wildman–Crippen LogP) is 3.75. The molecule has 0 amide bonds. The van der Waals surface area contributed by atoms with E-state index in [1.54, 1.807) is 18.2 Å².